The average Bonchev–Trinajstić information content (AvgIpc) is 2.08. The standard InChI is InChI=1S/C7H7Br.CH2O2/c8-6-7-4-2-1-3-5-7;2-1-3/h1-5H,6H2;1H,(H,2,3). The van der Waals surface area contributed by atoms with Crippen LogP contribution in [0.4, 0.5) is 0 Å². The van der Waals surface area contributed by atoms with Gasteiger partial charge in [-0.25, -0.2) is 0 Å². The van der Waals surface area contributed by atoms with Crippen LogP contribution in [0.15, 0.2) is 30.3 Å². The Kier molecular flexibility index (Phi) is 6.73. The van der Waals surface area contributed by atoms with E-state index in [1.54, 1.807) is 0 Å². The summed E-state index contributed by atoms with van der Waals surface area (Å²) in [5.74, 6) is 0. The van der Waals surface area contributed by atoms with E-state index in [4.69, 9.17) is 9.90 Å². The minimum atomic E-state index is -0.250. The van der Waals surface area contributed by atoms with Gasteiger partial charge in [-0.3, -0.25) is 4.79 Å². The zero-order chi connectivity index (χ0) is 8.53. The predicted molar refractivity (Wildman–Crippen MR) is 47.8 cm³/mol. The smallest absolute Gasteiger partial charge is 0.290 e. The predicted octanol–water partition coefficient (Wildman–Crippen LogP) is 2.28. The van der Waals surface area contributed by atoms with E-state index in [0.29, 0.717) is 0 Å². The molecule has 60 valence electrons. The van der Waals surface area contributed by atoms with Crippen molar-refractivity contribution in [1.82, 2.24) is 0 Å². The van der Waals surface area contributed by atoms with Crippen LogP contribution < -0.4 is 0 Å². The van der Waals surface area contributed by atoms with E-state index in [1.165, 1.54) is 5.56 Å². The SMILES string of the molecule is BrCc1ccccc1.O=CO. The number of halogens is 1. The molecule has 0 aromatic heterocycles. The largest absolute Gasteiger partial charge is 0.483 e. The fourth-order valence-electron chi connectivity index (χ4n) is 0.567. The van der Waals surface area contributed by atoms with Gasteiger partial charge in [-0.15, -0.1) is 0 Å². The van der Waals surface area contributed by atoms with Crippen LogP contribution in [0.3, 0.4) is 0 Å². The van der Waals surface area contributed by atoms with Gasteiger partial charge in [-0.2, -0.15) is 0 Å². The van der Waals surface area contributed by atoms with Gasteiger partial charge in [0, 0.05) is 5.33 Å². The van der Waals surface area contributed by atoms with Gasteiger partial charge in [0.2, 0.25) is 0 Å². The first kappa shape index (κ1) is 10.2. The van der Waals surface area contributed by atoms with Crippen molar-refractivity contribution >= 4 is 22.4 Å². The highest BCUT2D eigenvalue weighted by Crippen LogP contribution is 2.02. The Morgan fingerprint density at radius 3 is 2.09 bits per heavy atom. The molecule has 0 radical (unpaired) electrons. The minimum Gasteiger partial charge on any atom is -0.483 e. The van der Waals surface area contributed by atoms with Crippen molar-refractivity contribution in [1.29, 1.82) is 0 Å². The number of benzene rings is 1. The lowest BCUT2D eigenvalue weighted by atomic mass is 10.2. The van der Waals surface area contributed by atoms with Gasteiger partial charge in [0.05, 0.1) is 0 Å². The highest BCUT2D eigenvalue weighted by Gasteiger charge is 1.81. The molecule has 11 heavy (non-hydrogen) atoms. The topological polar surface area (TPSA) is 37.3 Å². The number of hydrogen-bond acceptors (Lipinski definition) is 1. The van der Waals surface area contributed by atoms with Gasteiger partial charge in [0.1, 0.15) is 0 Å². The Morgan fingerprint density at radius 2 is 1.82 bits per heavy atom. The zero-order valence-corrected chi connectivity index (χ0v) is 7.49. The molecule has 1 rings (SSSR count). The zero-order valence-electron chi connectivity index (χ0n) is 5.90. The van der Waals surface area contributed by atoms with Crippen molar-refractivity contribution in [2.45, 2.75) is 5.33 Å². The second kappa shape index (κ2) is 7.28. The maximum Gasteiger partial charge on any atom is 0.290 e. The van der Waals surface area contributed by atoms with E-state index in [2.05, 4.69) is 28.1 Å². The van der Waals surface area contributed by atoms with Crippen LogP contribution in [0, 0.1) is 0 Å². The highest BCUT2D eigenvalue weighted by atomic mass is 79.9. The lowest BCUT2D eigenvalue weighted by molar-refractivity contribution is -0.122. The second-order valence-electron chi connectivity index (χ2n) is 1.72. The van der Waals surface area contributed by atoms with Crippen LogP contribution in [0.1, 0.15) is 5.56 Å². The summed E-state index contributed by atoms with van der Waals surface area (Å²) in [6.45, 7) is -0.250. The molecule has 1 aromatic rings. The van der Waals surface area contributed by atoms with Crippen molar-refractivity contribution in [3.63, 3.8) is 0 Å². The molecule has 0 saturated heterocycles. The van der Waals surface area contributed by atoms with Gasteiger partial charge in [0.25, 0.3) is 6.47 Å². The Labute approximate surface area is 74.0 Å². The highest BCUT2D eigenvalue weighted by molar-refractivity contribution is 9.08. The average molecular weight is 217 g/mol. The second-order valence-corrected chi connectivity index (χ2v) is 2.29. The van der Waals surface area contributed by atoms with E-state index >= 15 is 0 Å². The van der Waals surface area contributed by atoms with Crippen LogP contribution in [0.2, 0.25) is 0 Å². The molecule has 3 heteroatoms. The summed E-state index contributed by atoms with van der Waals surface area (Å²) in [5, 5.41) is 7.84. The summed E-state index contributed by atoms with van der Waals surface area (Å²) < 4.78 is 0. The van der Waals surface area contributed by atoms with Crippen molar-refractivity contribution in [3.05, 3.63) is 35.9 Å². The number of carboxylic acid groups (broad SMARTS) is 1. The quantitative estimate of drug-likeness (QED) is 0.578. The molecule has 0 fully saturated rings. The molecule has 0 amide bonds. The third-order valence-corrected chi connectivity index (χ3v) is 1.64. The maximum absolute atomic E-state index is 8.36. The first-order valence-corrected chi connectivity index (χ1v) is 4.15. The molecular weight excluding hydrogens is 208 g/mol. The van der Waals surface area contributed by atoms with Gasteiger partial charge in [0.15, 0.2) is 0 Å². The summed E-state index contributed by atoms with van der Waals surface area (Å²) in [5.41, 5.74) is 1.33. The van der Waals surface area contributed by atoms with Crippen molar-refractivity contribution < 1.29 is 9.90 Å². The lowest BCUT2D eigenvalue weighted by Gasteiger charge is -1.88. The molecule has 0 aliphatic heterocycles. The molecule has 0 heterocycles. The molecule has 1 aromatic carbocycles. The fourth-order valence-corrected chi connectivity index (χ4v) is 0.941. The third-order valence-electron chi connectivity index (χ3n) is 0.997. The molecular formula is C8H9BrO2. The Bertz CT molecular complexity index is 187. The van der Waals surface area contributed by atoms with E-state index in [9.17, 15) is 0 Å². The number of rotatable bonds is 1. The lowest BCUT2D eigenvalue weighted by Crippen LogP contribution is -1.70. The molecule has 0 saturated carbocycles. The Morgan fingerprint density at radius 1 is 1.36 bits per heavy atom. The van der Waals surface area contributed by atoms with Gasteiger partial charge in [-0.1, -0.05) is 46.3 Å². The van der Waals surface area contributed by atoms with E-state index in [1.807, 2.05) is 18.2 Å². The van der Waals surface area contributed by atoms with Crippen LogP contribution in [0.25, 0.3) is 0 Å². The number of alkyl halides is 1. The summed E-state index contributed by atoms with van der Waals surface area (Å²) in [6.07, 6.45) is 0. The molecule has 0 spiro atoms. The first-order valence-electron chi connectivity index (χ1n) is 3.03. The summed E-state index contributed by atoms with van der Waals surface area (Å²) in [4.78, 5) is 8.36. The van der Waals surface area contributed by atoms with Gasteiger partial charge in [-0.05, 0) is 5.56 Å². The van der Waals surface area contributed by atoms with Crippen LogP contribution >= 0.6 is 15.9 Å². The van der Waals surface area contributed by atoms with Gasteiger partial charge < -0.3 is 5.11 Å². The van der Waals surface area contributed by atoms with Crippen LogP contribution in [-0.2, 0) is 10.1 Å². The number of carbonyl (C=O) groups is 1. The third kappa shape index (κ3) is 5.61. The molecule has 0 atom stereocenters. The molecule has 0 bridgehead atoms. The van der Waals surface area contributed by atoms with Crippen molar-refractivity contribution in [2.75, 3.05) is 0 Å². The molecule has 1 N–H and O–H groups in total. The monoisotopic (exact) mass is 216 g/mol. The van der Waals surface area contributed by atoms with E-state index in [0.717, 1.165) is 5.33 Å². The summed E-state index contributed by atoms with van der Waals surface area (Å²) in [6, 6.07) is 10.3. The first-order chi connectivity index (χ1) is 5.35. The minimum absolute atomic E-state index is 0.250. The number of hydrogen-bond donors (Lipinski definition) is 1. The molecule has 0 aliphatic carbocycles. The fraction of sp³-hybridized carbons (Fsp3) is 0.125. The summed E-state index contributed by atoms with van der Waals surface area (Å²) in [7, 11) is 0. The summed E-state index contributed by atoms with van der Waals surface area (Å²) >= 11 is 3.36. The van der Waals surface area contributed by atoms with Crippen LogP contribution in [0.5, 0.6) is 0 Å². The van der Waals surface area contributed by atoms with Crippen molar-refractivity contribution in [3.8, 4) is 0 Å². The molecule has 2 nitrogen and oxygen atoms in total. The Hall–Kier alpha value is -0.830. The van der Waals surface area contributed by atoms with E-state index in [-0.39, 0.29) is 6.47 Å². The molecule has 0 unspecified atom stereocenters. The van der Waals surface area contributed by atoms with Gasteiger partial charge >= 0.3 is 0 Å². The van der Waals surface area contributed by atoms with Crippen molar-refractivity contribution in [2.24, 2.45) is 0 Å². The Balaban J connectivity index is 0.000000292. The van der Waals surface area contributed by atoms with Crippen LogP contribution in [-0.4, -0.2) is 11.6 Å². The normalized spacial score (nSPS) is 7.73. The van der Waals surface area contributed by atoms with E-state index < -0.39 is 0 Å². The maximum atomic E-state index is 8.36. The molecule has 0 aliphatic rings.